The summed E-state index contributed by atoms with van der Waals surface area (Å²) in [5.74, 6) is 2.16. The van der Waals surface area contributed by atoms with Gasteiger partial charge >= 0.3 is 0 Å². The molecule has 13 heteroatoms. The third kappa shape index (κ3) is 14.4. The molecule has 0 bridgehead atoms. The van der Waals surface area contributed by atoms with Crippen LogP contribution in [0.2, 0.25) is 0 Å². The summed E-state index contributed by atoms with van der Waals surface area (Å²) in [4.78, 5) is 51.5. The quantitative estimate of drug-likeness (QED) is 0.119. The number of pyridine rings is 8. The zero-order valence-corrected chi connectivity index (χ0v) is 48.3. The molecule has 9 heterocycles. The molecule has 0 spiro atoms. The first-order valence-electron chi connectivity index (χ1n) is 27.4. The maximum Gasteiger partial charge on any atom is 0.205 e. The molecule has 0 atom stereocenters. The van der Waals surface area contributed by atoms with Gasteiger partial charge in [-0.1, -0.05) is 133 Å². The van der Waals surface area contributed by atoms with Crippen LogP contribution in [0.25, 0.3) is 115 Å². The van der Waals surface area contributed by atoms with Crippen molar-refractivity contribution in [2.75, 3.05) is 7.05 Å². The lowest BCUT2D eigenvalue weighted by molar-refractivity contribution is 0.992. The average molecular weight is 1110 g/mol. The maximum atomic E-state index is 7.32. The van der Waals surface area contributed by atoms with E-state index in [4.69, 9.17) is 11.8 Å². The van der Waals surface area contributed by atoms with E-state index in [0.29, 0.717) is 11.6 Å². The Labute approximate surface area is 493 Å². The largest absolute Gasteiger partial charge is 0.320 e. The molecule has 15 rings (SSSR count). The number of hydrogen-bond acceptors (Lipinski definition) is 12. The SMILES string of the molecule is CC#N.Cc1cc2cccnc2c2ncccc12.Cc1ccc2ccc3cccnc3c2n1.Cc1ccnc2c1ccc1cccnc12.Cc1cnc2c(ccc3cccnc32)c1.Cc1nc(-c2ccccc2)nc(-c2ccccc2)n1.[C-]#[N+]C. The molecule has 0 saturated heterocycles. The Morgan fingerprint density at radius 2 is 0.753 bits per heavy atom. The number of fused-ring (bicyclic) bond motifs is 12. The first kappa shape index (κ1) is 58.3. The zero-order chi connectivity index (χ0) is 59.5. The predicted octanol–water partition coefficient (Wildman–Crippen LogP) is 16.9. The fourth-order valence-electron chi connectivity index (χ4n) is 9.43. The van der Waals surface area contributed by atoms with Gasteiger partial charge in [-0.15, -0.1) is 0 Å². The molecule has 13 nitrogen and oxygen atoms in total. The highest BCUT2D eigenvalue weighted by molar-refractivity contribution is 6.06. The lowest BCUT2D eigenvalue weighted by Crippen LogP contribution is -1.99. The molecule has 9 aromatic heterocycles. The topological polar surface area (TPSA) is 170 Å². The van der Waals surface area contributed by atoms with Crippen LogP contribution >= 0.6 is 0 Å². The number of hydrogen-bond donors (Lipinski definition) is 0. The van der Waals surface area contributed by atoms with E-state index in [0.717, 1.165) is 99.1 Å². The van der Waals surface area contributed by atoms with Gasteiger partial charge in [0.15, 0.2) is 11.6 Å². The Hall–Kier alpha value is -11.4. The monoisotopic (exact) mass is 1110 g/mol. The number of aryl methyl sites for hydroxylation is 5. The van der Waals surface area contributed by atoms with E-state index in [9.17, 15) is 0 Å². The van der Waals surface area contributed by atoms with E-state index in [2.05, 4.69) is 165 Å². The van der Waals surface area contributed by atoms with Crippen molar-refractivity contribution in [3.8, 4) is 28.8 Å². The van der Waals surface area contributed by atoms with Crippen molar-refractivity contribution in [1.29, 1.82) is 5.26 Å². The molecule has 0 aliphatic rings. The number of rotatable bonds is 2. The van der Waals surface area contributed by atoms with Crippen molar-refractivity contribution in [2.24, 2.45) is 0 Å². The molecule has 0 N–H and O–H groups in total. The molecule has 6 aromatic carbocycles. The summed E-state index contributed by atoms with van der Waals surface area (Å²) in [5, 5.41) is 16.6. The highest BCUT2D eigenvalue weighted by atomic mass is 15.0. The Morgan fingerprint density at radius 3 is 1.31 bits per heavy atom. The van der Waals surface area contributed by atoms with Crippen LogP contribution in [0, 0.1) is 52.5 Å². The Kier molecular flexibility index (Phi) is 19.4. The molecule has 412 valence electrons. The molecular formula is C72H59N13. The van der Waals surface area contributed by atoms with Crippen molar-refractivity contribution in [2.45, 2.75) is 41.5 Å². The Bertz CT molecular complexity index is 4710. The molecule has 0 unspecified atom stereocenters. The fourth-order valence-corrected chi connectivity index (χ4v) is 9.43. The first-order chi connectivity index (χ1) is 41.6. The van der Waals surface area contributed by atoms with Crippen molar-refractivity contribution in [3.63, 3.8) is 0 Å². The lowest BCUT2D eigenvalue weighted by Gasteiger charge is -2.05. The van der Waals surface area contributed by atoms with Crippen LogP contribution in [0.3, 0.4) is 0 Å². The third-order valence-electron chi connectivity index (χ3n) is 13.3. The Balaban J connectivity index is 0.000000124. The van der Waals surface area contributed by atoms with Crippen LogP contribution in [0.5, 0.6) is 0 Å². The molecule has 0 aliphatic carbocycles. The molecule has 0 fully saturated rings. The van der Waals surface area contributed by atoms with E-state index in [1.807, 2.05) is 160 Å². The smallest absolute Gasteiger partial charge is 0.205 e. The molecule has 15 aromatic rings. The number of nitrogens with zero attached hydrogens (tertiary/aromatic N) is 13. The fraction of sp³-hybridized carbons (Fsp3) is 0.0972. The normalized spacial score (nSPS) is 10.3. The standard InChI is InChI=1S/C16H13N3.4C13H10N2.2C2H3N/c1-12-17-15(13-8-4-2-5-9-13)19-16(18-12)14-10-6-3-7-11-14;1-9-8-10-4-2-6-14-12(10)13-11(9)5-3-7-15-13;1-9-4-5-11-7-6-10-3-2-8-14-12(10)13(11)15-9;1-9-6-8-15-13-11(9)5-4-10-3-2-7-14-12(10)13;1-9-7-11-5-4-10-3-2-6-14-12(10)13(11)15-8-9;1-3-2;1-2-3/h2-11H,1H3;4*2-8H,1H3;2*1H3. The summed E-state index contributed by atoms with van der Waals surface area (Å²) in [7, 11) is 1.42. The van der Waals surface area contributed by atoms with Gasteiger partial charge in [-0.05, 0) is 106 Å². The van der Waals surface area contributed by atoms with Crippen molar-refractivity contribution in [1.82, 2.24) is 54.8 Å². The van der Waals surface area contributed by atoms with Gasteiger partial charge in [0, 0.05) is 110 Å². The summed E-state index contributed by atoms with van der Waals surface area (Å²) in [5.41, 5.74) is 14.6. The van der Waals surface area contributed by atoms with Gasteiger partial charge in [0.05, 0.1) is 50.2 Å². The van der Waals surface area contributed by atoms with Crippen LogP contribution in [-0.4, -0.2) is 61.9 Å². The molecule has 0 saturated carbocycles. The number of benzene rings is 6. The second-order valence-corrected chi connectivity index (χ2v) is 19.4. The van der Waals surface area contributed by atoms with Crippen LogP contribution in [0.4, 0.5) is 0 Å². The summed E-state index contributed by atoms with van der Waals surface area (Å²) in [6.45, 7) is 17.4. The first-order valence-corrected chi connectivity index (χ1v) is 27.4. The summed E-state index contributed by atoms with van der Waals surface area (Å²) >= 11 is 0. The molecule has 85 heavy (non-hydrogen) atoms. The van der Waals surface area contributed by atoms with E-state index in [1.54, 1.807) is 6.07 Å². The molecular weight excluding hydrogens is 1050 g/mol. The van der Waals surface area contributed by atoms with E-state index in [-0.39, 0.29) is 0 Å². The summed E-state index contributed by atoms with van der Waals surface area (Å²) < 4.78 is 0. The van der Waals surface area contributed by atoms with Crippen molar-refractivity contribution < 1.29 is 0 Å². The second kappa shape index (κ2) is 28.3. The number of aromatic nitrogens is 11. The van der Waals surface area contributed by atoms with Gasteiger partial charge in [0.1, 0.15) is 5.82 Å². The number of nitriles is 1. The van der Waals surface area contributed by atoms with Gasteiger partial charge in [-0.2, -0.15) is 5.26 Å². The van der Waals surface area contributed by atoms with Crippen LogP contribution in [0.15, 0.2) is 231 Å². The minimum Gasteiger partial charge on any atom is -0.320 e. The van der Waals surface area contributed by atoms with Gasteiger partial charge in [-0.3, -0.25) is 39.9 Å². The minimum absolute atomic E-state index is 0.715. The van der Waals surface area contributed by atoms with Crippen LogP contribution in [-0.2, 0) is 0 Å². The van der Waals surface area contributed by atoms with Gasteiger partial charge in [0.2, 0.25) is 7.05 Å². The van der Waals surface area contributed by atoms with Crippen molar-refractivity contribution in [3.05, 3.63) is 271 Å². The zero-order valence-electron chi connectivity index (χ0n) is 48.3. The van der Waals surface area contributed by atoms with Gasteiger partial charge in [-0.25, -0.2) is 21.5 Å². The Morgan fingerprint density at radius 1 is 0.365 bits per heavy atom. The highest BCUT2D eigenvalue weighted by Gasteiger charge is 2.09. The van der Waals surface area contributed by atoms with Crippen molar-refractivity contribution >= 4 is 87.2 Å². The maximum absolute atomic E-state index is 7.32. The van der Waals surface area contributed by atoms with Gasteiger partial charge < -0.3 is 4.85 Å². The van der Waals surface area contributed by atoms with E-state index in [1.165, 1.54) is 41.4 Å². The molecule has 0 amide bonds. The van der Waals surface area contributed by atoms with Gasteiger partial charge in [0.25, 0.3) is 0 Å². The van der Waals surface area contributed by atoms with E-state index >= 15 is 0 Å². The van der Waals surface area contributed by atoms with E-state index < -0.39 is 0 Å². The van der Waals surface area contributed by atoms with Crippen LogP contribution in [0.1, 0.15) is 35.1 Å². The van der Waals surface area contributed by atoms with Crippen LogP contribution < -0.4 is 0 Å². The highest BCUT2D eigenvalue weighted by Crippen LogP contribution is 2.27. The summed E-state index contributed by atoms with van der Waals surface area (Å²) in [6, 6.07) is 64.8. The summed E-state index contributed by atoms with van der Waals surface area (Å²) in [6.07, 6.45) is 12.8. The molecule has 0 aliphatic heterocycles. The minimum atomic E-state index is 0.715. The third-order valence-corrected chi connectivity index (χ3v) is 13.3. The average Bonchev–Trinajstić information content (AvgIpc) is 3.67. The second-order valence-electron chi connectivity index (χ2n) is 19.4. The lowest BCUT2D eigenvalue weighted by atomic mass is 10.1. The molecule has 0 radical (unpaired) electrons. The predicted molar refractivity (Wildman–Crippen MR) is 346 cm³/mol.